The van der Waals surface area contributed by atoms with Crippen molar-refractivity contribution in [3.8, 4) is 0 Å². The Bertz CT molecular complexity index is 335. The maximum atomic E-state index is 11.8. The summed E-state index contributed by atoms with van der Waals surface area (Å²) in [6, 6.07) is 0.737. The summed E-state index contributed by atoms with van der Waals surface area (Å²) in [6.45, 7) is 4.71. The molecule has 0 radical (unpaired) electrons. The number of hydrogen-bond acceptors (Lipinski definition) is 4. The summed E-state index contributed by atoms with van der Waals surface area (Å²) in [5, 5.41) is 8.59. The fraction of sp³-hybridized carbons (Fsp3) is 0.846. The van der Waals surface area contributed by atoms with Gasteiger partial charge in [0.05, 0.1) is 6.54 Å². The summed E-state index contributed by atoms with van der Waals surface area (Å²) in [5.74, 6) is -0.216. The van der Waals surface area contributed by atoms with E-state index in [4.69, 9.17) is 0 Å². The van der Waals surface area contributed by atoms with Gasteiger partial charge in [-0.3, -0.25) is 15.0 Å². The van der Waals surface area contributed by atoms with Crippen molar-refractivity contribution >= 4 is 11.9 Å². The molecule has 2 rings (SSSR count). The van der Waals surface area contributed by atoms with E-state index in [2.05, 4.69) is 20.9 Å². The van der Waals surface area contributed by atoms with Crippen molar-refractivity contribution in [1.29, 1.82) is 0 Å². The average molecular weight is 268 g/mol. The molecule has 0 aromatic heterocycles. The number of imide groups is 1. The van der Waals surface area contributed by atoms with Gasteiger partial charge in [-0.05, 0) is 25.7 Å². The monoisotopic (exact) mass is 268 g/mol. The minimum Gasteiger partial charge on any atom is -0.338 e. The highest BCUT2D eigenvalue weighted by Crippen LogP contribution is 2.19. The molecule has 0 saturated carbocycles. The van der Waals surface area contributed by atoms with Gasteiger partial charge in [0, 0.05) is 31.7 Å². The van der Waals surface area contributed by atoms with Crippen molar-refractivity contribution in [3.05, 3.63) is 0 Å². The van der Waals surface area contributed by atoms with E-state index in [1.807, 2.05) is 6.92 Å². The van der Waals surface area contributed by atoms with Gasteiger partial charge in [-0.15, -0.1) is 0 Å². The molecule has 0 aliphatic carbocycles. The third-order valence-electron chi connectivity index (χ3n) is 3.76. The van der Waals surface area contributed by atoms with E-state index in [0.717, 1.165) is 25.9 Å². The quantitative estimate of drug-likeness (QED) is 0.673. The first-order valence-corrected chi connectivity index (χ1v) is 7.23. The summed E-state index contributed by atoms with van der Waals surface area (Å²) in [7, 11) is 0. The molecule has 19 heavy (non-hydrogen) atoms. The number of urea groups is 1. The minimum absolute atomic E-state index is 0.216. The van der Waals surface area contributed by atoms with E-state index in [-0.39, 0.29) is 11.9 Å². The van der Waals surface area contributed by atoms with E-state index in [1.165, 1.54) is 12.8 Å². The van der Waals surface area contributed by atoms with Crippen molar-refractivity contribution in [2.24, 2.45) is 0 Å². The molecule has 2 bridgehead atoms. The van der Waals surface area contributed by atoms with Crippen LogP contribution in [0.4, 0.5) is 4.79 Å². The van der Waals surface area contributed by atoms with Crippen molar-refractivity contribution in [3.63, 3.8) is 0 Å². The second-order valence-corrected chi connectivity index (χ2v) is 5.47. The predicted octanol–water partition coefficient (Wildman–Crippen LogP) is 0.0485. The number of amides is 3. The van der Waals surface area contributed by atoms with Gasteiger partial charge in [0.15, 0.2) is 0 Å². The van der Waals surface area contributed by atoms with Crippen LogP contribution in [0.3, 0.4) is 0 Å². The van der Waals surface area contributed by atoms with Crippen LogP contribution in [0.15, 0.2) is 0 Å². The lowest BCUT2D eigenvalue weighted by atomic mass is 10.1. The van der Waals surface area contributed by atoms with Crippen LogP contribution in [0.2, 0.25) is 0 Å². The molecule has 6 heteroatoms. The first kappa shape index (κ1) is 14.3. The summed E-state index contributed by atoms with van der Waals surface area (Å²) in [6.07, 6.45) is 4.40. The van der Waals surface area contributed by atoms with E-state index >= 15 is 0 Å². The summed E-state index contributed by atoms with van der Waals surface area (Å²) in [4.78, 5) is 25.3. The number of carbonyl (C=O) groups excluding carboxylic acids is 2. The Morgan fingerprint density at radius 2 is 2.05 bits per heavy atom. The van der Waals surface area contributed by atoms with Gasteiger partial charge in [-0.1, -0.05) is 6.92 Å². The first-order valence-electron chi connectivity index (χ1n) is 7.23. The molecule has 2 heterocycles. The second kappa shape index (κ2) is 6.86. The summed E-state index contributed by atoms with van der Waals surface area (Å²) < 4.78 is 0. The standard InChI is InChI=1S/C13H24N4O2/c1-2-6-14-13(19)16-12(18)9-17-7-5-10-3-4-11(8-17)15-10/h10-11,15H,2-9H2,1H3,(H2,14,16,18,19). The van der Waals surface area contributed by atoms with Crippen molar-refractivity contribution in [1.82, 2.24) is 20.9 Å². The molecule has 2 atom stereocenters. The maximum Gasteiger partial charge on any atom is 0.321 e. The molecule has 0 aromatic carbocycles. The third kappa shape index (κ3) is 4.47. The Kier molecular flexibility index (Phi) is 5.15. The molecule has 6 nitrogen and oxygen atoms in total. The van der Waals surface area contributed by atoms with Gasteiger partial charge in [0.1, 0.15) is 0 Å². The molecular weight excluding hydrogens is 244 g/mol. The predicted molar refractivity (Wildman–Crippen MR) is 72.8 cm³/mol. The van der Waals surface area contributed by atoms with Crippen LogP contribution in [0, 0.1) is 0 Å². The molecule has 2 aliphatic rings. The molecule has 2 aliphatic heterocycles. The van der Waals surface area contributed by atoms with Crippen LogP contribution in [0.1, 0.15) is 32.6 Å². The number of hydrogen-bond donors (Lipinski definition) is 3. The fourth-order valence-corrected chi connectivity index (χ4v) is 2.81. The topological polar surface area (TPSA) is 73.5 Å². The van der Waals surface area contributed by atoms with Crippen LogP contribution in [0.25, 0.3) is 0 Å². The van der Waals surface area contributed by atoms with E-state index in [1.54, 1.807) is 0 Å². The SMILES string of the molecule is CCCNC(=O)NC(=O)CN1CCC2CCC(C1)N2. The highest BCUT2D eigenvalue weighted by molar-refractivity contribution is 5.95. The van der Waals surface area contributed by atoms with Gasteiger partial charge < -0.3 is 10.6 Å². The molecule has 3 amide bonds. The van der Waals surface area contributed by atoms with Gasteiger partial charge in [-0.25, -0.2) is 4.79 Å². The smallest absolute Gasteiger partial charge is 0.321 e. The van der Waals surface area contributed by atoms with Gasteiger partial charge in [-0.2, -0.15) is 0 Å². The molecule has 108 valence electrons. The first-order chi connectivity index (χ1) is 9.17. The van der Waals surface area contributed by atoms with Gasteiger partial charge in [0.2, 0.25) is 5.91 Å². The Balaban J connectivity index is 1.71. The average Bonchev–Trinajstić information content (AvgIpc) is 2.70. The largest absolute Gasteiger partial charge is 0.338 e. The zero-order valence-corrected chi connectivity index (χ0v) is 11.6. The van der Waals surface area contributed by atoms with Crippen LogP contribution >= 0.6 is 0 Å². The molecule has 3 N–H and O–H groups in total. The third-order valence-corrected chi connectivity index (χ3v) is 3.76. The molecule has 2 unspecified atom stereocenters. The van der Waals surface area contributed by atoms with Crippen molar-refractivity contribution < 1.29 is 9.59 Å². The fourth-order valence-electron chi connectivity index (χ4n) is 2.81. The zero-order valence-electron chi connectivity index (χ0n) is 11.6. The Labute approximate surface area is 114 Å². The molecule has 0 spiro atoms. The molecule has 2 saturated heterocycles. The van der Waals surface area contributed by atoms with Crippen LogP contribution in [0.5, 0.6) is 0 Å². The number of nitrogens with one attached hydrogen (secondary N) is 3. The van der Waals surface area contributed by atoms with Crippen LogP contribution in [-0.2, 0) is 4.79 Å². The van der Waals surface area contributed by atoms with E-state index in [9.17, 15) is 9.59 Å². The van der Waals surface area contributed by atoms with E-state index in [0.29, 0.717) is 25.2 Å². The number of fused-ring (bicyclic) bond motifs is 2. The van der Waals surface area contributed by atoms with Crippen molar-refractivity contribution in [2.45, 2.75) is 44.7 Å². The lowest BCUT2D eigenvalue weighted by molar-refractivity contribution is -0.121. The summed E-state index contributed by atoms with van der Waals surface area (Å²) in [5.41, 5.74) is 0. The number of nitrogens with zero attached hydrogens (tertiary/aromatic N) is 1. The lowest BCUT2D eigenvalue weighted by Gasteiger charge is -2.23. The van der Waals surface area contributed by atoms with Gasteiger partial charge >= 0.3 is 6.03 Å². The molecule has 2 fully saturated rings. The lowest BCUT2D eigenvalue weighted by Crippen LogP contribution is -2.46. The number of likely N-dealkylation sites (tertiary alicyclic amines) is 1. The minimum atomic E-state index is -0.388. The van der Waals surface area contributed by atoms with Gasteiger partial charge in [0.25, 0.3) is 0 Å². The second-order valence-electron chi connectivity index (χ2n) is 5.47. The summed E-state index contributed by atoms with van der Waals surface area (Å²) >= 11 is 0. The van der Waals surface area contributed by atoms with Crippen molar-refractivity contribution in [2.75, 3.05) is 26.2 Å². The van der Waals surface area contributed by atoms with E-state index < -0.39 is 0 Å². The zero-order chi connectivity index (χ0) is 13.7. The Hall–Kier alpha value is -1.14. The Morgan fingerprint density at radius 1 is 1.26 bits per heavy atom. The number of rotatable bonds is 4. The molecular formula is C13H24N4O2. The van der Waals surface area contributed by atoms with Crippen LogP contribution < -0.4 is 16.0 Å². The van der Waals surface area contributed by atoms with Crippen LogP contribution in [-0.4, -0.2) is 55.1 Å². The molecule has 0 aromatic rings. The maximum absolute atomic E-state index is 11.8. The Morgan fingerprint density at radius 3 is 2.84 bits per heavy atom. The highest BCUT2D eigenvalue weighted by atomic mass is 16.2. The number of carbonyl (C=O) groups is 2. The normalized spacial score (nSPS) is 26.8. The highest BCUT2D eigenvalue weighted by Gasteiger charge is 2.29.